The van der Waals surface area contributed by atoms with E-state index in [0.29, 0.717) is 5.56 Å². The summed E-state index contributed by atoms with van der Waals surface area (Å²) in [4.78, 5) is 11.4. The van der Waals surface area contributed by atoms with Crippen molar-refractivity contribution in [1.29, 1.82) is 0 Å². The lowest BCUT2D eigenvalue weighted by atomic mass is 9.63. The molecule has 4 aromatic rings. The molecule has 4 aromatic carbocycles. The van der Waals surface area contributed by atoms with Crippen LogP contribution in [0.1, 0.15) is 62.0 Å². The molecule has 9 heteroatoms. The van der Waals surface area contributed by atoms with Gasteiger partial charge in [0, 0.05) is 0 Å². The van der Waals surface area contributed by atoms with Crippen LogP contribution in [0.25, 0.3) is 33.4 Å². The van der Waals surface area contributed by atoms with Gasteiger partial charge < -0.3 is 9.29 Å². The SMILES string of the molecule is CC1(C)CCC(C)(C)c2cc(-c3cc(-c4ccc(C(=O)O)cc4)ccc3-c3ccc(OS(=O)(=O)C(F)(F)F)cc3)ccc21. The fraction of sp³-hybridized carbons (Fsp3) is 0.265. The van der Waals surface area contributed by atoms with Gasteiger partial charge in [-0.15, -0.1) is 0 Å². The number of carbonyl (C=O) groups is 1. The lowest BCUT2D eigenvalue weighted by molar-refractivity contribution is -0.0500. The zero-order valence-electron chi connectivity index (χ0n) is 24.1. The van der Waals surface area contributed by atoms with E-state index in [9.17, 15) is 31.5 Å². The quantitative estimate of drug-likeness (QED) is 0.175. The average Bonchev–Trinajstić information content (AvgIpc) is 2.95. The summed E-state index contributed by atoms with van der Waals surface area (Å²) >= 11 is 0. The highest BCUT2D eigenvalue weighted by Gasteiger charge is 2.48. The minimum absolute atomic E-state index is 0.0204. The van der Waals surface area contributed by atoms with E-state index in [0.717, 1.165) is 40.7 Å². The number of rotatable bonds is 6. The van der Waals surface area contributed by atoms with Crippen LogP contribution in [-0.2, 0) is 20.9 Å². The van der Waals surface area contributed by atoms with E-state index in [4.69, 9.17) is 0 Å². The third-order valence-corrected chi connectivity index (χ3v) is 9.28. The molecule has 43 heavy (non-hydrogen) atoms. The lowest BCUT2D eigenvalue weighted by Gasteiger charge is -2.42. The number of carboxylic acid groups (broad SMARTS) is 1. The summed E-state index contributed by atoms with van der Waals surface area (Å²) in [7, 11) is -5.79. The van der Waals surface area contributed by atoms with Gasteiger partial charge in [-0.2, -0.15) is 21.6 Å². The highest BCUT2D eigenvalue weighted by Crippen LogP contribution is 2.48. The van der Waals surface area contributed by atoms with Crippen molar-refractivity contribution in [2.75, 3.05) is 0 Å². The maximum absolute atomic E-state index is 12.8. The van der Waals surface area contributed by atoms with Crippen LogP contribution in [0.4, 0.5) is 13.2 Å². The predicted octanol–water partition coefficient (Wildman–Crippen LogP) is 8.96. The number of hydrogen-bond acceptors (Lipinski definition) is 4. The summed E-state index contributed by atoms with van der Waals surface area (Å²) in [6, 6.07) is 24.2. The second kappa shape index (κ2) is 10.6. The zero-order chi connectivity index (χ0) is 31.4. The fourth-order valence-electron chi connectivity index (χ4n) is 5.64. The largest absolute Gasteiger partial charge is 0.534 e. The molecule has 0 saturated heterocycles. The van der Waals surface area contributed by atoms with Crippen LogP contribution in [0.5, 0.6) is 5.75 Å². The van der Waals surface area contributed by atoms with Crippen molar-refractivity contribution >= 4 is 16.1 Å². The lowest BCUT2D eigenvalue weighted by Crippen LogP contribution is -2.33. The number of aromatic carboxylic acids is 1. The standard InChI is InChI=1S/C34H31F3O5S/c1-32(2)17-18-33(3,4)30-20-25(12-16-29(30)32)28-19-24(21-5-7-23(8-6-21)31(38)39)11-15-27(28)22-9-13-26(14-10-22)42-43(40,41)34(35,36)37/h5-16,19-20H,17-18H2,1-4H3,(H,38,39). The van der Waals surface area contributed by atoms with Gasteiger partial charge in [0.05, 0.1) is 5.56 Å². The average molecular weight is 609 g/mol. The van der Waals surface area contributed by atoms with Gasteiger partial charge >= 0.3 is 21.6 Å². The van der Waals surface area contributed by atoms with Crippen LogP contribution >= 0.6 is 0 Å². The minimum atomic E-state index is -5.79. The number of benzene rings is 4. The normalized spacial score (nSPS) is 15.9. The molecular formula is C34H31F3O5S. The highest BCUT2D eigenvalue weighted by atomic mass is 32.2. The Hall–Kier alpha value is -4.11. The van der Waals surface area contributed by atoms with Gasteiger partial charge in [0.2, 0.25) is 0 Å². The Kier molecular flexibility index (Phi) is 7.45. The summed E-state index contributed by atoms with van der Waals surface area (Å²) in [6.07, 6.45) is 2.10. The maximum Gasteiger partial charge on any atom is 0.534 e. The second-order valence-corrected chi connectivity index (χ2v) is 13.7. The van der Waals surface area contributed by atoms with Crippen LogP contribution in [-0.4, -0.2) is 25.0 Å². The number of carboxylic acids is 1. The minimum Gasteiger partial charge on any atom is -0.478 e. The molecule has 5 rings (SSSR count). The van der Waals surface area contributed by atoms with Crippen LogP contribution in [0.15, 0.2) is 84.9 Å². The van der Waals surface area contributed by atoms with Crippen molar-refractivity contribution in [3.8, 4) is 39.1 Å². The maximum atomic E-state index is 12.8. The second-order valence-electron chi connectivity index (χ2n) is 12.2. The molecule has 0 heterocycles. The van der Waals surface area contributed by atoms with E-state index in [1.807, 2.05) is 18.2 Å². The van der Waals surface area contributed by atoms with Crippen molar-refractivity contribution in [3.05, 3.63) is 102 Å². The third kappa shape index (κ3) is 5.91. The fourth-order valence-corrected chi connectivity index (χ4v) is 6.10. The number of hydrogen-bond donors (Lipinski definition) is 1. The van der Waals surface area contributed by atoms with Crippen LogP contribution in [0.3, 0.4) is 0 Å². The van der Waals surface area contributed by atoms with Crippen LogP contribution < -0.4 is 4.18 Å². The first-order valence-corrected chi connectivity index (χ1v) is 15.1. The molecule has 5 nitrogen and oxygen atoms in total. The van der Waals surface area contributed by atoms with Gasteiger partial charge in [-0.25, -0.2) is 4.79 Å². The number of alkyl halides is 3. The molecule has 0 amide bonds. The summed E-state index contributed by atoms with van der Waals surface area (Å²) in [5.74, 6) is -1.46. The van der Waals surface area contributed by atoms with E-state index in [1.165, 1.54) is 35.4 Å². The van der Waals surface area contributed by atoms with E-state index in [1.54, 1.807) is 24.3 Å². The molecule has 0 spiro atoms. The molecule has 0 saturated carbocycles. The van der Waals surface area contributed by atoms with Crippen LogP contribution in [0, 0.1) is 0 Å². The van der Waals surface area contributed by atoms with Crippen molar-refractivity contribution in [2.45, 2.75) is 56.9 Å². The first-order valence-electron chi connectivity index (χ1n) is 13.7. The Morgan fingerprint density at radius 1 is 0.698 bits per heavy atom. The Morgan fingerprint density at radius 2 is 1.23 bits per heavy atom. The molecule has 0 radical (unpaired) electrons. The highest BCUT2D eigenvalue weighted by molar-refractivity contribution is 7.88. The summed E-state index contributed by atoms with van der Waals surface area (Å²) < 4.78 is 65.7. The molecule has 1 aliphatic carbocycles. The Balaban J connectivity index is 1.64. The summed E-state index contributed by atoms with van der Waals surface area (Å²) in [5.41, 5.74) is 2.07. The van der Waals surface area contributed by atoms with E-state index in [2.05, 4.69) is 50.1 Å². The Labute approximate surface area is 249 Å². The predicted molar refractivity (Wildman–Crippen MR) is 161 cm³/mol. The van der Waals surface area contributed by atoms with Gasteiger partial charge in [0.15, 0.2) is 0 Å². The van der Waals surface area contributed by atoms with E-state index in [-0.39, 0.29) is 16.4 Å². The Morgan fingerprint density at radius 3 is 1.81 bits per heavy atom. The van der Waals surface area contributed by atoms with Crippen molar-refractivity contribution < 1.29 is 35.7 Å². The topological polar surface area (TPSA) is 80.7 Å². The molecule has 0 aliphatic heterocycles. The number of halogens is 3. The van der Waals surface area contributed by atoms with Crippen LogP contribution in [0.2, 0.25) is 0 Å². The number of fused-ring (bicyclic) bond motifs is 1. The summed E-state index contributed by atoms with van der Waals surface area (Å²) in [5, 5.41) is 9.30. The van der Waals surface area contributed by atoms with Crippen molar-refractivity contribution in [3.63, 3.8) is 0 Å². The van der Waals surface area contributed by atoms with E-state index >= 15 is 0 Å². The first-order chi connectivity index (χ1) is 20.0. The molecule has 0 bridgehead atoms. The monoisotopic (exact) mass is 608 g/mol. The van der Waals surface area contributed by atoms with Gasteiger partial charge in [-0.3, -0.25) is 0 Å². The first kappa shape index (κ1) is 30.4. The molecule has 1 N–H and O–H groups in total. The molecule has 0 unspecified atom stereocenters. The smallest absolute Gasteiger partial charge is 0.478 e. The third-order valence-electron chi connectivity index (χ3n) is 8.30. The van der Waals surface area contributed by atoms with Gasteiger partial charge in [0.1, 0.15) is 5.75 Å². The van der Waals surface area contributed by atoms with E-state index < -0.39 is 27.3 Å². The molecular weight excluding hydrogens is 577 g/mol. The molecule has 0 fully saturated rings. The van der Waals surface area contributed by atoms with Gasteiger partial charge in [0.25, 0.3) is 0 Å². The van der Waals surface area contributed by atoms with Crippen molar-refractivity contribution in [1.82, 2.24) is 0 Å². The Bertz CT molecular complexity index is 1800. The van der Waals surface area contributed by atoms with Gasteiger partial charge in [-0.1, -0.05) is 82.3 Å². The molecule has 0 aromatic heterocycles. The summed E-state index contributed by atoms with van der Waals surface area (Å²) in [6.45, 7) is 8.96. The zero-order valence-corrected chi connectivity index (χ0v) is 24.9. The van der Waals surface area contributed by atoms with Gasteiger partial charge in [-0.05, 0) is 98.5 Å². The van der Waals surface area contributed by atoms with Crippen molar-refractivity contribution in [2.24, 2.45) is 0 Å². The molecule has 224 valence electrons. The molecule has 1 aliphatic rings. The molecule has 0 atom stereocenters.